The van der Waals surface area contributed by atoms with Gasteiger partial charge >= 0.3 is 0 Å². The van der Waals surface area contributed by atoms with E-state index in [4.69, 9.17) is 0 Å². The zero-order chi connectivity index (χ0) is 18.1. The number of tetrazole rings is 1. The molecule has 11 heteroatoms. The quantitative estimate of drug-likeness (QED) is 0.663. The minimum absolute atomic E-state index is 0.0376. The lowest BCUT2D eigenvalue weighted by Gasteiger charge is -2.32. The maximum Gasteiger partial charge on any atom is 0.271 e. The van der Waals surface area contributed by atoms with Crippen LogP contribution in [-0.2, 0) is 0 Å². The average molecular weight is 355 g/mol. The molecule has 0 saturated carbocycles. The maximum absolute atomic E-state index is 12.8. The zero-order valence-electron chi connectivity index (χ0n) is 14.1. The molecule has 4 rings (SSSR count). The highest BCUT2D eigenvalue weighted by molar-refractivity contribution is 5.92. The van der Waals surface area contributed by atoms with Gasteiger partial charge < -0.3 is 9.88 Å². The topological polar surface area (TPSA) is 138 Å². The molecule has 0 aromatic carbocycles. The Balaban J connectivity index is 1.52. The van der Waals surface area contributed by atoms with Gasteiger partial charge in [-0.3, -0.25) is 14.7 Å². The molecule has 11 nitrogen and oxygen atoms in total. The van der Waals surface area contributed by atoms with Crippen molar-refractivity contribution < 1.29 is 4.79 Å². The van der Waals surface area contributed by atoms with Crippen LogP contribution in [0.5, 0.6) is 0 Å². The Labute approximate surface area is 147 Å². The van der Waals surface area contributed by atoms with Gasteiger partial charge in [-0.25, -0.2) is 4.98 Å². The van der Waals surface area contributed by atoms with Crippen molar-refractivity contribution in [1.29, 1.82) is 0 Å². The molecule has 1 fully saturated rings. The number of H-pyrrole nitrogens is 2. The third-order valence-electron chi connectivity index (χ3n) is 4.39. The molecule has 0 spiro atoms. The Hall–Kier alpha value is -3.37. The first-order valence-electron chi connectivity index (χ1n) is 8.26. The summed E-state index contributed by atoms with van der Waals surface area (Å²) >= 11 is 0. The van der Waals surface area contributed by atoms with Crippen LogP contribution in [0.1, 0.15) is 40.8 Å². The van der Waals surface area contributed by atoms with Gasteiger partial charge in [0.05, 0.1) is 5.69 Å². The van der Waals surface area contributed by atoms with E-state index in [0.29, 0.717) is 30.4 Å². The standard InChI is InChI=1S/C15H17N9O2/c1-9-17-11(6-14(25)18-9)10-3-2-4-23(7-10)15(26)12-5-13(20-19-12)24-8-16-21-22-24/h5-6,8,10H,2-4,7H2,1H3,(H,19,20)(H,17,18,25). The molecular weight excluding hydrogens is 338 g/mol. The number of hydrogen-bond acceptors (Lipinski definition) is 7. The van der Waals surface area contributed by atoms with Crippen molar-refractivity contribution in [2.75, 3.05) is 13.1 Å². The van der Waals surface area contributed by atoms with E-state index in [2.05, 4.69) is 35.7 Å². The minimum atomic E-state index is -0.171. The fraction of sp³-hybridized carbons (Fsp3) is 0.400. The lowest BCUT2D eigenvalue weighted by atomic mass is 9.94. The number of nitrogens with zero attached hydrogens (tertiary/aromatic N) is 7. The zero-order valence-corrected chi connectivity index (χ0v) is 14.1. The van der Waals surface area contributed by atoms with Crippen molar-refractivity contribution >= 4 is 5.91 Å². The third kappa shape index (κ3) is 3.10. The van der Waals surface area contributed by atoms with Crippen molar-refractivity contribution in [2.45, 2.75) is 25.7 Å². The Morgan fingerprint density at radius 2 is 2.23 bits per heavy atom. The molecule has 3 aromatic heterocycles. The molecule has 134 valence electrons. The monoisotopic (exact) mass is 355 g/mol. The largest absolute Gasteiger partial charge is 0.337 e. The van der Waals surface area contributed by atoms with E-state index in [-0.39, 0.29) is 17.4 Å². The number of carbonyl (C=O) groups excluding carboxylic acids is 1. The van der Waals surface area contributed by atoms with Crippen molar-refractivity contribution in [3.8, 4) is 5.82 Å². The van der Waals surface area contributed by atoms with E-state index in [9.17, 15) is 9.59 Å². The highest BCUT2D eigenvalue weighted by Crippen LogP contribution is 2.26. The normalized spacial score (nSPS) is 17.4. The summed E-state index contributed by atoms with van der Waals surface area (Å²) in [5, 5.41) is 17.6. The molecule has 2 N–H and O–H groups in total. The summed E-state index contributed by atoms with van der Waals surface area (Å²) in [5.41, 5.74) is 0.921. The van der Waals surface area contributed by atoms with Gasteiger partial charge in [0, 0.05) is 31.1 Å². The SMILES string of the molecule is Cc1nc(C2CCCN(C(=O)c3cc(-n4cnnn4)n[nH]3)C2)cc(=O)[nH]1. The van der Waals surface area contributed by atoms with Gasteiger partial charge in [-0.1, -0.05) is 0 Å². The van der Waals surface area contributed by atoms with Gasteiger partial charge in [0.25, 0.3) is 11.5 Å². The van der Waals surface area contributed by atoms with Gasteiger partial charge in [0.15, 0.2) is 5.82 Å². The number of nitrogens with one attached hydrogen (secondary N) is 2. The summed E-state index contributed by atoms with van der Waals surface area (Å²) in [4.78, 5) is 33.3. The van der Waals surface area contributed by atoms with Crippen molar-refractivity contribution in [1.82, 2.24) is 45.3 Å². The van der Waals surface area contributed by atoms with Gasteiger partial charge in [0.2, 0.25) is 0 Å². The number of amides is 1. The van der Waals surface area contributed by atoms with Gasteiger partial charge in [-0.05, 0) is 30.2 Å². The highest BCUT2D eigenvalue weighted by atomic mass is 16.2. The van der Waals surface area contributed by atoms with Crippen LogP contribution in [0.25, 0.3) is 5.82 Å². The molecule has 1 atom stereocenters. The first kappa shape index (κ1) is 16.1. The van der Waals surface area contributed by atoms with Gasteiger partial charge in [-0.15, -0.1) is 5.10 Å². The van der Waals surface area contributed by atoms with Gasteiger partial charge in [-0.2, -0.15) is 9.78 Å². The summed E-state index contributed by atoms with van der Waals surface area (Å²) in [6, 6.07) is 3.12. The number of aromatic amines is 2. The molecule has 1 saturated heterocycles. The van der Waals surface area contributed by atoms with Crippen LogP contribution in [0.3, 0.4) is 0 Å². The maximum atomic E-state index is 12.8. The van der Waals surface area contributed by atoms with Crippen LogP contribution in [-0.4, -0.2) is 64.3 Å². The predicted octanol–water partition coefficient (Wildman–Crippen LogP) is -0.203. The van der Waals surface area contributed by atoms with E-state index < -0.39 is 0 Å². The van der Waals surface area contributed by atoms with Crippen LogP contribution in [0.2, 0.25) is 0 Å². The van der Waals surface area contributed by atoms with Crippen molar-refractivity contribution in [2.24, 2.45) is 0 Å². The van der Waals surface area contributed by atoms with E-state index in [1.54, 1.807) is 17.9 Å². The van der Waals surface area contributed by atoms with Crippen molar-refractivity contribution in [3.05, 3.63) is 46.0 Å². The molecule has 0 aliphatic carbocycles. The summed E-state index contributed by atoms with van der Waals surface area (Å²) < 4.78 is 1.37. The van der Waals surface area contributed by atoms with E-state index in [0.717, 1.165) is 18.5 Å². The fourth-order valence-electron chi connectivity index (χ4n) is 3.19. The Bertz CT molecular complexity index is 975. The van der Waals surface area contributed by atoms with E-state index >= 15 is 0 Å². The molecule has 1 amide bonds. The van der Waals surface area contributed by atoms with Gasteiger partial charge in [0.1, 0.15) is 17.8 Å². The number of likely N-dealkylation sites (tertiary alicyclic amines) is 1. The number of aryl methyl sites for hydroxylation is 1. The third-order valence-corrected chi connectivity index (χ3v) is 4.39. The molecule has 1 unspecified atom stereocenters. The Morgan fingerprint density at radius 3 is 3.00 bits per heavy atom. The first-order valence-corrected chi connectivity index (χ1v) is 8.26. The average Bonchev–Trinajstić information content (AvgIpc) is 3.32. The Morgan fingerprint density at radius 1 is 1.35 bits per heavy atom. The first-order chi connectivity index (χ1) is 12.6. The van der Waals surface area contributed by atoms with Crippen LogP contribution in [0.4, 0.5) is 0 Å². The van der Waals surface area contributed by atoms with Crippen LogP contribution in [0.15, 0.2) is 23.3 Å². The smallest absolute Gasteiger partial charge is 0.271 e. The van der Waals surface area contributed by atoms with E-state index in [1.165, 1.54) is 17.1 Å². The molecule has 1 aliphatic heterocycles. The molecule has 0 radical (unpaired) electrons. The summed E-state index contributed by atoms with van der Waals surface area (Å²) in [6.45, 7) is 2.91. The second-order valence-electron chi connectivity index (χ2n) is 6.24. The molecule has 1 aliphatic rings. The van der Waals surface area contributed by atoms with Crippen LogP contribution in [0, 0.1) is 6.92 Å². The van der Waals surface area contributed by atoms with Crippen LogP contribution >= 0.6 is 0 Å². The summed E-state index contributed by atoms with van der Waals surface area (Å²) in [6.07, 6.45) is 3.14. The number of aromatic nitrogens is 8. The molecule has 4 heterocycles. The summed E-state index contributed by atoms with van der Waals surface area (Å²) in [5.74, 6) is 0.910. The second kappa shape index (κ2) is 6.50. The molecule has 3 aromatic rings. The molecular formula is C15H17N9O2. The number of piperidine rings is 1. The fourth-order valence-corrected chi connectivity index (χ4v) is 3.19. The number of carbonyl (C=O) groups is 1. The number of hydrogen-bond donors (Lipinski definition) is 2. The van der Waals surface area contributed by atoms with Crippen LogP contribution < -0.4 is 5.56 Å². The molecule has 0 bridgehead atoms. The highest BCUT2D eigenvalue weighted by Gasteiger charge is 2.27. The Kier molecular flexibility index (Phi) is 4.03. The van der Waals surface area contributed by atoms with Crippen molar-refractivity contribution in [3.63, 3.8) is 0 Å². The number of rotatable bonds is 3. The minimum Gasteiger partial charge on any atom is -0.337 e. The summed E-state index contributed by atoms with van der Waals surface area (Å²) in [7, 11) is 0. The molecule has 26 heavy (non-hydrogen) atoms. The predicted molar refractivity (Wildman–Crippen MR) is 88.8 cm³/mol. The lowest BCUT2D eigenvalue weighted by molar-refractivity contribution is 0.0700. The lowest BCUT2D eigenvalue weighted by Crippen LogP contribution is -2.39. The van der Waals surface area contributed by atoms with E-state index in [1.807, 2.05) is 0 Å². The second-order valence-corrected chi connectivity index (χ2v) is 6.24.